The second-order valence-corrected chi connectivity index (χ2v) is 31.9. The highest BCUT2D eigenvalue weighted by atomic mass is 35.5. The van der Waals surface area contributed by atoms with Crippen molar-refractivity contribution in [2.75, 3.05) is 26.7 Å². The molecule has 6 heterocycles. The number of para-hydroxylation sites is 1. The number of carbonyl (C=O) groups excluding carboxylic acids is 8. The molecule has 18 unspecified atom stereocenters. The Morgan fingerprint density at radius 2 is 1.31 bits per heavy atom. The number of likely N-dealkylation sites (N-methyl/N-ethyl adjacent to an activating group) is 1. The Morgan fingerprint density at radius 3 is 1.93 bits per heavy atom. The molecule has 648 valence electrons. The topological polar surface area (TPSA) is 534 Å². The van der Waals surface area contributed by atoms with Gasteiger partial charge in [-0.15, -0.1) is 0 Å². The summed E-state index contributed by atoms with van der Waals surface area (Å²) < 4.78 is 39.0. The number of rotatable bonds is 21. The minimum absolute atomic E-state index is 0.0288. The Morgan fingerprint density at radius 1 is 0.678 bits per heavy atom. The van der Waals surface area contributed by atoms with E-state index in [4.69, 9.17) is 74.7 Å². The number of hydrogen-bond acceptors (Lipinski definition) is 26. The number of benzene rings is 7. The predicted molar refractivity (Wildman–Crippen MR) is 439 cm³/mol. The van der Waals surface area contributed by atoms with E-state index in [0.29, 0.717) is 17.9 Å². The molecular weight excluding hydrogens is 1640 g/mol. The largest absolute Gasteiger partial charge is 0.508 e. The normalized spacial score (nSPS) is 26.3. The third-order valence-corrected chi connectivity index (χ3v) is 22.1. The molecule has 0 aliphatic carbocycles. The lowest BCUT2D eigenvalue weighted by Crippen LogP contribution is -2.65. The van der Waals surface area contributed by atoms with E-state index in [2.05, 4.69) is 47.9 Å². The summed E-state index contributed by atoms with van der Waals surface area (Å²) in [7, 11) is 1.48. The molecule has 13 rings (SSSR count). The molecule has 37 heteroatoms. The van der Waals surface area contributed by atoms with Crippen LogP contribution in [0.3, 0.4) is 0 Å². The first-order valence-electron chi connectivity index (χ1n) is 39.0. The van der Waals surface area contributed by atoms with E-state index in [1.807, 2.05) is 50.2 Å². The van der Waals surface area contributed by atoms with Crippen molar-refractivity contribution < 1.29 is 113 Å². The van der Waals surface area contributed by atoms with Crippen LogP contribution in [0.15, 0.2) is 133 Å². The van der Waals surface area contributed by atoms with Crippen molar-refractivity contribution in [2.24, 2.45) is 17.4 Å². The van der Waals surface area contributed by atoms with Crippen LogP contribution in [0, 0.1) is 5.92 Å². The monoisotopic (exact) mass is 1730 g/mol. The van der Waals surface area contributed by atoms with Crippen LogP contribution in [-0.2, 0) is 59.1 Å². The van der Waals surface area contributed by atoms with Gasteiger partial charge < -0.3 is 134 Å². The van der Waals surface area contributed by atoms with Crippen molar-refractivity contribution in [3.63, 3.8) is 0 Å². The number of primary amides is 1. The van der Waals surface area contributed by atoms with Crippen LogP contribution < -0.4 is 73.5 Å². The maximum absolute atomic E-state index is 15.4. The number of nitrogens with one attached hydrogen (secondary N) is 9. The summed E-state index contributed by atoms with van der Waals surface area (Å²) in [6.45, 7) is 7.69. The molecule has 18 atom stereocenters. The lowest BCUT2D eigenvalue weighted by Gasteiger charge is -2.48. The first kappa shape index (κ1) is 91.2. The van der Waals surface area contributed by atoms with Gasteiger partial charge in [0.2, 0.25) is 59.3 Å². The van der Waals surface area contributed by atoms with Crippen LogP contribution in [-0.4, -0.2) is 205 Å². The van der Waals surface area contributed by atoms with Gasteiger partial charge in [0.05, 0.1) is 41.3 Å². The number of halogens is 3. The molecule has 6 aliphatic heterocycles. The van der Waals surface area contributed by atoms with Crippen molar-refractivity contribution in [1.29, 1.82) is 0 Å². The number of carbonyl (C=O) groups is 8. The molecule has 0 aromatic heterocycles. The summed E-state index contributed by atoms with van der Waals surface area (Å²) in [4.78, 5) is 117. The molecule has 34 nitrogen and oxygen atoms in total. The van der Waals surface area contributed by atoms with Gasteiger partial charge >= 0.3 is 0 Å². The quantitative estimate of drug-likeness (QED) is 0.0444. The summed E-state index contributed by atoms with van der Waals surface area (Å²) in [6, 6.07) is 18.6. The number of nitrogens with two attached hydrogens (primary N) is 2. The molecule has 0 radical (unpaired) electrons. The van der Waals surface area contributed by atoms with E-state index >= 15 is 9.59 Å². The highest BCUT2D eigenvalue weighted by Crippen LogP contribution is 2.49. The van der Waals surface area contributed by atoms with Crippen LogP contribution in [0.25, 0.3) is 22.3 Å². The van der Waals surface area contributed by atoms with Crippen molar-refractivity contribution >= 4 is 82.1 Å². The molecule has 2 saturated heterocycles. The fraction of sp³-hybridized carbons (Fsp3) is 0.405. The second-order valence-electron chi connectivity index (χ2n) is 30.7. The molecule has 0 saturated carbocycles. The minimum Gasteiger partial charge on any atom is -0.508 e. The summed E-state index contributed by atoms with van der Waals surface area (Å²) in [5, 5.41) is 130. The third-order valence-electron chi connectivity index (χ3n) is 21.3. The van der Waals surface area contributed by atoms with E-state index in [0.717, 1.165) is 60.0 Å². The first-order valence-corrected chi connectivity index (χ1v) is 40.2. The molecule has 8 amide bonds. The fourth-order valence-electron chi connectivity index (χ4n) is 14.6. The highest BCUT2D eigenvalue weighted by Gasteiger charge is 2.52. The lowest BCUT2D eigenvalue weighted by molar-refractivity contribution is -0.334. The Balaban J connectivity index is 1.02. The van der Waals surface area contributed by atoms with Crippen LogP contribution in [0.2, 0.25) is 15.1 Å². The van der Waals surface area contributed by atoms with Crippen LogP contribution >= 0.6 is 34.8 Å². The zero-order valence-corrected chi connectivity index (χ0v) is 68.8. The smallest absolute Gasteiger partial charge is 0.247 e. The average molecular weight is 1740 g/mol. The van der Waals surface area contributed by atoms with E-state index in [9.17, 15) is 74.7 Å². The number of fused-ring (bicyclic) bond motifs is 6. The maximum atomic E-state index is 15.4. The number of phenolic OH excluding ortho intramolecular Hbond substituents is 3. The molecule has 0 spiro atoms. The van der Waals surface area contributed by atoms with Gasteiger partial charge in [0, 0.05) is 47.3 Å². The van der Waals surface area contributed by atoms with Crippen LogP contribution in [0.5, 0.6) is 46.0 Å². The molecule has 7 aromatic rings. The van der Waals surface area contributed by atoms with Gasteiger partial charge in [-0.3, -0.25) is 38.4 Å². The van der Waals surface area contributed by atoms with E-state index in [1.54, 1.807) is 26.0 Å². The molecule has 2 fully saturated rings. The van der Waals surface area contributed by atoms with Gasteiger partial charge in [0.1, 0.15) is 95.5 Å². The highest BCUT2D eigenvalue weighted by molar-refractivity contribution is 6.32. The minimum atomic E-state index is -2.25. The summed E-state index contributed by atoms with van der Waals surface area (Å²) >= 11 is 20.4. The van der Waals surface area contributed by atoms with Gasteiger partial charge in [-0.1, -0.05) is 109 Å². The first-order chi connectivity index (χ1) is 57.6. The molecule has 121 heavy (non-hydrogen) atoms. The van der Waals surface area contributed by atoms with Crippen molar-refractivity contribution in [3.05, 3.63) is 176 Å². The summed E-state index contributed by atoms with van der Waals surface area (Å²) in [6.07, 6.45) is -16.9. The van der Waals surface area contributed by atoms with Gasteiger partial charge in [0.25, 0.3) is 0 Å². The SMILES string of the molecule is CNC(CC(C)C)C(=O)NC1C(=O)NC(CC(N)=O)C(=O)NC(C)C(=O)NC2C(=O)NC(C(=O)NC(C(=O)NCCCCN)c3cc(O)cc(O)c3-c3cc2ccc3O)C(O)c2ccc(c(Cl)c2)Oc2cccc(c2OC2OC(CO)C(O)C(O)C2OC2CC(C)(NCc3ccc(-c4ccc(Cl)cc4)cc3)C(O)C(C)O2)Oc2ccc(cc2Cl)C1O. The molecule has 22 N–H and O–H groups in total. The molecule has 10 bridgehead atoms. The number of amides is 8. The van der Waals surface area contributed by atoms with Crippen molar-refractivity contribution in [3.8, 4) is 68.2 Å². The summed E-state index contributed by atoms with van der Waals surface area (Å²) in [5.74, 6) is -13.0. The van der Waals surface area contributed by atoms with Gasteiger partial charge in [0.15, 0.2) is 23.9 Å². The van der Waals surface area contributed by atoms with Crippen LogP contribution in [0.1, 0.15) is 119 Å². The van der Waals surface area contributed by atoms with Crippen molar-refractivity contribution in [1.82, 2.24) is 47.9 Å². The number of ether oxygens (including phenoxy) is 6. The Labute approximate surface area is 710 Å². The lowest BCUT2D eigenvalue weighted by atomic mass is 9.84. The number of aliphatic hydroxyl groups excluding tert-OH is 6. The molecular formula is C84H98Cl3N11O23. The fourth-order valence-corrected chi connectivity index (χ4v) is 15.2. The van der Waals surface area contributed by atoms with E-state index in [-0.39, 0.29) is 105 Å². The number of phenols is 3. The standard InChI is InChI=1S/C84H98Cl3N11O23/c1-38(2)28-53(90-6)77(110)97-67-69(104)45-19-24-57(51(86)30-45)117-59-10-9-11-60(73(59)121-83-74(72(107)71(106)61(37-99)119-83)120-63-35-84(5,75(108)40(4)116-63)92-36-41-12-14-42(15-13-41)43-16-21-47(85)22-17-43)118-58-25-20-46(31-52(58)87)70(105)68-82(115)96-66(79(112)91-27-8-7-26-88)50-32-48(100)33-56(102)64(50)49-29-44(18-23-55(49)101)65(80(113)98-68)95-76(109)39(3)93-78(111)54(34-62(89)103)94-81(67)114/h9-25,29-33,38-40,53-54,61,63,65-72,74-75,83,90,92,99-102,104-108H,7-8,26-28,34-37,88H2,1-6H3,(H2,89,103)(H,91,112)(H,93,111)(H,94,114)(H,95,109)(H,96,115)(H,97,110)(H,98,113). The van der Waals surface area contributed by atoms with Gasteiger partial charge in [-0.2, -0.15) is 0 Å². The Bertz CT molecular complexity index is 4940. The zero-order chi connectivity index (χ0) is 87.6. The number of aliphatic hydroxyl groups is 6. The number of aromatic hydroxyl groups is 3. The van der Waals surface area contributed by atoms with Gasteiger partial charge in [-0.05, 0) is 165 Å². The molecule has 7 aromatic carbocycles. The summed E-state index contributed by atoms with van der Waals surface area (Å²) in [5.41, 5.74) is 11.2. The van der Waals surface area contributed by atoms with Crippen LogP contribution in [0.4, 0.5) is 0 Å². The van der Waals surface area contributed by atoms with E-state index < -0.39 is 193 Å². The number of hydrogen-bond donors (Lipinski definition) is 20. The maximum Gasteiger partial charge on any atom is 0.247 e. The van der Waals surface area contributed by atoms with Gasteiger partial charge in [-0.25, -0.2) is 0 Å². The average Bonchev–Trinajstić information content (AvgIpc) is 0.764. The number of unbranched alkanes of at least 4 members (excludes halogenated alkanes) is 1. The molecule has 6 aliphatic rings. The van der Waals surface area contributed by atoms with Crippen molar-refractivity contribution in [2.45, 2.75) is 183 Å². The van der Waals surface area contributed by atoms with E-state index in [1.165, 1.54) is 55.6 Å². The Hall–Kier alpha value is -10.5. The third kappa shape index (κ3) is 21.7. The zero-order valence-electron chi connectivity index (χ0n) is 66.5. The predicted octanol–water partition coefficient (Wildman–Crippen LogP) is 4.36. The Kier molecular flexibility index (Phi) is 30.2. The second kappa shape index (κ2) is 40.0.